The summed E-state index contributed by atoms with van der Waals surface area (Å²) in [5.74, 6) is 0.234. The second-order valence-corrected chi connectivity index (χ2v) is 6.55. The molecule has 0 radical (unpaired) electrons. The van der Waals surface area contributed by atoms with Gasteiger partial charge in [-0.2, -0.15) is 0 Å². The highest BCUT2D eigenvalue weighted by Crippen LogP contribution is 2.23. The number of hydrogen-bond acceptors (Lipinski definition) is 4. The van der Waals surface area contributed by atoms with E-state index in [1.165, 1.54) is 6.26 Å². The van der Waals surface area contributed by atoms with Gasteiger partial charge in [0.1, 0.15) is 17.6 Å². The van der Waals surface area contributed by atoms with E-state index < -0.39 is 0 Å². The normalized spacial score (nSPS) is 10.6. The topological polar surface area (TPSA) is 68.5 Å². The molecule has 0 spiro atoms. The Balaban J connectivity index is 1.44. The molecule has 0 fully saturated rings. The Morgan fingerprint density at radius 1 is 0.931 bits per heavy atom. The Bertz CT molecular complexity index is 1180. The molecule has 0 aliphatic carbocycles. The van der Waals surface area contributed by atoms with Crippen LogP contribution in [0.2, 0.25) is 0 Å². The number of rotatable bonds is 6. The number of carbonyl (C=O) groups excluding carboxylic acids is 1. The van der Waals surface area contributed by atoms with Crippen molar-refractivity contribution in [2.45, 2.75) is 6.54 Å². The van der Waals surface area contributed by atoms with Crippen molar-refractivity contribution in [2.75, 3.05) is 6.61 Å². The average Bonchev–Trinajstić information content (AvgIpc) is 2.78. The molecule has 0 saturated heterocycles. The summed E-state index contributed by atoms with van der Waals surface area (Å²) >= 11 is 0. The SMILES string of the molecule is O=C(COc1ccc2c(=O)c(-c3ccccc3)coc2c1)NCc1ccccc1. The van der Waals surface area contributed by atoms with Crippen molar-refractivity contribution in [2.24, 2.45) is 0 Å². The highest BCUT2D eigenvalue weighted by atomic mass is 16.5. The Hall–Kier alpha value is -3.86. The summed E-state index contributed by atoms with van der Waals surface area (Å²) in [4.78, 5) is 24.8. The van der Waals surface area contributed by atoms with Crippen LogP contribution in [0.25, 0.3) is 22.1 Å². The first-order valence-corrected chi connectivity index (χ1v) is 9.25. The molecule has 144 valence electrons. The lowest BCUT2D eigenvalue weighted by molar-refractivity contribution is -0.123. The number of ether oxygens (including phenoxy) is 1. The van der Waals surface area contributed by atoms with Crippen LogP contribution >= 0.6 is 0 Å². The largest absolute Gasteiger partial charge is 0.484 e. The van der Waals surface area contributed by atoms with Gasteiger partial charge in [-0.25, -0.2) is 0 Å². The molecule has 0 aliphatic rings. The molecule has 0 aliphatic heterocycles. The van der Waals surface area contributed by atoms with Crippen LogP contribution < -0.4 is 15.5 Å². The summed E-state index contributed by atoms with van der Waals surface area (Å²) < 4.78 is 11.2. The molecular formula is C24H19NO4. The van der Waals surface area contributed by atoms with Crippen molar-refractivity contribution in [3.63, 3.8) is 0 Å². The average molecular weight is 385 g/mol. The molecule has 29 heavy (non-hydrogen) atoms. The van der Waals surface area contributed by atoms with E-state index in [0.29, 0.717) is 28.8 Å². The van der Waals surface area contributed by atoms with Crippen molar-refractivity contribution < 1.29 is 13.9 Å². The molecule has 5 nitrogen and oxygen atoms in total. The second-order valence-electron chi connectivity index (χ2n) is 6.55. The van der Waals surface area contributed by atoms with Crippen LogP contribution in [0, 0.1) is 0 Å². The summed E-state index contributed by atoms with van der Waals surface area (Å²) in [6.07, 6.45) is 1.45. The lowest BCUT2D eigenvalue weighted by atomic mass is 10.1. The fourth-order valence-electron chi connectivity index (χ4n) is 3.01. The highest BCUT2D eigenvalue weighted by molar-refractivity contribution is 5.83. The van der Waals surface area contributed by atoms with E-state index in [1.807, 2.05) is 60.7 Å². The van der Waals surface area contributed by atoms with Crippen LogP contribution in [-0.4, -0.2) is 12.5 Å². The first-order chi connectivity index (χ1) is 14.2. The standard InChI is InChI=1S/C24H19NO4/c26-23(25-14-17-7-3-1-4-8-17)16-28-19-11-12-20-22(13-19)29-15-21(24(20)27)18-9-5-2-6-10-18/h1-13,15H,14,16H2,(H,25,26). The van der Waals surface area contributed by atoms with Crippen LogP contribution in [0.1, 0.15) is 5.56 Å². The quantitative estimate of drug-likeness (QED) is 0.541. The van der Waals surface area contributed by atoms with Crippen LogP contribution in [-0.2, 0) is 11.3 Å². The molecule has 3 aromatic carbocycles. The predicted octanol–water partition coefficient (Wildman–Crippen LogP) is 4.16. The van der Waals surface area contributed by atoms with Crippen LogP contribution in [0.3, 0.4) is 0 Å². The van der Waals surface area contributed by atoms with Crippen LogP contribution in [0.5, 0.6) is 5.75 Å². The zero-order valence-electron chi connectivity index (χ0n) is 15.6. The molecule has 1 N–H and O–H groups in total. The zero-order valence-corrected chi connectivity index (χ0v) is 15.6. The van der Waals surface area contributed by atoms with Crippen LogP contribution in [0.15, 0.2) is 94.3 Å². The number of nitrogens with one attached hydrogen (secondary N) is 1. The van der Waals surface area contributed by atoms with Crippen molar-refractivity contribution in [3.05, 3.63) is 101 Å². The molecule has 0 atom stereocenters. The molecule has 0 bridgehead atoms. The summed E-state index contributed by atoms with van der Waals surface area (Å²) in [5, 5.41) is 3.27. The summed E-state index contributed by atoms with van der Waals surface area (Å²) in [5.41, 5.74) is 2.63. The van der Waals surface area contributed by atoms with Gasteiger partial charge in [-0.3, -0.25) is 9.59 Å². The Morgan fingerprint density at radius 3 is 2.41 bits per heavy atom. The monoisotopic (exact) mass is 385 g/mol. The Morgan fingerprint density at radius 2 is 1.66 bits per heavy atom. The molecule has 1 amide bonds. The second kappa shape index (κ2) is 8.44. The van der Waals surface area contributed by atoms with Crippen molar-refractivity contribution in [3.8, 4) is 16.9 Å². The Labute approximate surface area is 167 Å². The van der Waals surface area contributed by atoms with E-state index in [0.717, 1.165) is 11.1 Å². The minimum Gasteiger partial charge on any atom is -0.484 e. The fraction of sp³-hybridized carbons (Fsp3) is 0.0833. The smallest absolute Gasteiger partial charge is 0.258 e. The van der Waals surface area contributed by atoms with Gasteiger partial charge in [0, 0.05) is 12.6 Å². The maximum Gasteiger partial charge on any atom is 0.258 e. The van der Waals surface area contributed by atoms with Crippen molar-refractivity contribution in [1.82, 2.24) is 5.32 Å². The first kappa shape index (κ1) is 18.5. The van der Waals surface area contributed by atoms with E-state index in [-0.39, 0.29) is 17.9 Å². The van der Waals surface area contributed by atoms with Gasteiger partial charge >= 0.3 is 0 Å². The molecule has 4 rings (SSSR count). The van der Waals surface area contributed by atoms with E-state index in [2.05, 4.69) is 5.32 Å². The van der Waals surface area contributed by atoms with Gasteiger partial charge in [-0.15, -0.1) is 0 Å². The third-order valence-electron chi connectivity index (χ3n) is 4.53. The van der Waals surface area contributed by atoms with Gasteiger partial charge in [-0.05, 0) is 23.3 Å². The van der Waals surface area contributed by atoms with Gasteiger partial charge in [0.25, 0.3) is 5.91 Å². The molecule has 1 heterocycles. The minimum absolute atomic E-state index is 0.107. The van der Waals surface area contributed by atoms with Crippen molar-refractivity contribution >= 4 is 16.9 Å². The maximum atomic E-state index is 12.8. The Kier molecular flexibility index (Phi) is 5.38. The maximum absolute atomic E-state index is 12.8. The van der Waals surface area contributed by atoms with E-state index in [1.54, 1.807) is 18.2 Å². The van der Waals surface area contributed by atoms with E-state index >= 15 is 0 Å². The van der Waals surface area contributed by atoms with Gasteiger partial charge in [0.2, 0.25) is 0 Å². The minimum atomic E-state index is -0.227. The summed E-state index contributed by atoms with van der Waals surface area (Å²) in [6, 6.07) is 24.0. The number of hydrogen-bond donors (Lipinski definition) is 1. The van der Waals surface area contributed by atoms with E-state index in [9.17, 15) is 9.59 Å². The number of amides is 1. The number of fused-ring (bicyclic) bond motifs is 1. The first-order valence-electron chi connectivity index (χ1n) is 9.25. The predicted molar refractivity (Wildman–Crippen MR) is 112 cm³/mol. The molecule has 4 aromatic rings. The van der Waals surface area contributed by atoms with Crippen molar-refractivity contribution in [1.29, 1.82) is 0 Å². The van der Waals surface area contributed by atoms with Gasteiger partial charge in [-0.1, -0.05) is 60.7 Å². The summed E-state index contributed by atoms with van der Waals surface area (Å²) in [6.45, 7) is 0.322. The third kappa shape index (κ3) is 4.35. The lowest BCUT2D eigenvalue weighted by Crippen LogP contribution is -2.28. The molecule has 0 saturated carbocycles. The van der Waals surface area contributed by atoms with E-state index in [4.69, 9.17) is 9.15 Å². The lowest BCUT2D eigenvalue weighted by Gasteiger charge is -2.08. The highest BCUT2D eigenvalue weighted by Gasteiger charge is 2.10. The molecular weight excluding hydrogens is 366 g/mol. The third-order valence-corrected chi connectivity index (χ3v) is 4.53. The number of benzene rings is 3. The van der Waals surface area contributed by atoms with Gasteiger partial charge in [0.15, 0.2) is 12.0 Å². The zero-order chi connectivity index (χ0) is 20.1. The molecule has 0 unspecified atom stereocenters. The van der Waals surface area contributed by atoms with Gasteiger partial charge < -0.3 is 14.5 Å². The van der Waals surface area contributed by atoms with Crippen LogP contribution in [0.4, 0.5) is 0 Å². The summed E-state index contributed by atoms with van der Waals surface area (Å²) in [7, 11) is 0. The van der Waals surface area contributed by atoms with Gasteiger partial charge in [0.05, 0.1) is 10.9 Å². The number of carbonyl (C=O) groups is 1. The fourth-order valence-corrected chi connectivity index (χ4v) is 3.01. The molecule has 5 heteroatoms. The molecule has 1 aromatic heterocycles.